The van der Waals surface area contributed by atoms with Crippen molar-refractivity contribution < 1.29 is 9.90 Å². The van der Waals surface area contributed by atoms with Gasteiger partial charge in [0.25, 0.3) is 5.91 Å². The number of aromatic nitrogens is 1. The number of aryl methyl sites for hydroxylation is 1. The molecule has 2 aromatic carbocycles. The Hall–Kier alpha value is -2.12. The van der Waals surface area contributed by atoms with Crippen molar-refractivity contribution in [1.82, 2.24) is 9.99 Å². The molecule has 0 aliphatic carbocycles. The Bertz CT molecular complexity index is 1010. The first-order valence-electron chi connectivity index (χ1n) is 7.45. The number of benzene rings is 2. The van der Waals surface area contributed by atoms with Crippen molar-refractivity contribution in [2.24, 2.45) is 12.1 Å². The summed E-state index contributed by atoms with van der Waals surface area (Å²) in [5, 5.41) is 15.1. The van der Waals surface area contributed by atoms with Crippen LogP contribution in [0, 0.1) is 0 Å². The molecule has 0 unspecified atom stereocenters. The lowest BCUT2D eigenvalue weighted by Crippen LogP contribution is -2.20. The molecule has 0 aliphatic rings. The third-order valence-electron chi connectivity index (χ3n) is 3.90. The molecule has 0 bridgehead atoms. The highest BCUT2D eigenvalue weighted by molar-refractivity contribution is 9.10. The number of hydrazone groups is 1. The number of aromatic hydroxyl groups is 1. The Labute approximate surface area is 161 Å². The highest BCUT2D eigenvalue weighted by atomic mass is 79.9. The molecule has 128 valence electrons. The van der Waals surface area contributed by atoms with Gasteiger partial charge in [-0.1, -0.05) is 31.9 Å². The molecule has 3 rings (SSSR count). The van der Waals surface area contributed by atoms with Crippen molar-refractivity contribution in [2.75, 3.05) is 0 Å². The van der Waals surface area contributed by atoms with E-state index in [1.165, 1.54) is 6.07 Å². The third kappa shape index (κ3) is 3.62. The van der Waals surface area contributed by atoms with Gasteiger partial charge in [-0.05, 0) is 49.4 Å². The average Bonchev–Trinajstić information content (AvgIpc) is 2.90. The summed E-state index contributed by atoms with van der Waals surface area (Å²) in [5.41, 5.74) is 5.29. The molecule has 0 atom stereocenters. The molecule has 0 aliphatic heterocycles. The summed E-state index contributed by atoms with van der Waals surface area (Å²) in [7, 11) is 1.95. The molecule has 0 radical (unpaired) electrons. The lowest BCUT2D eigenvalue weighted by molar-refractivity contribution is 0.0952. The van der Waals surface area contributed by atoms with E-state index in [1.807, 2.05) is 42.8 Å². The molecule has 25 heavy (non-hydrogen) atoms. The van der Waals surface area contributed by atoms with Crippen LogP contribution in [0.3, 0.4) is 0 Å². The number of hydrogen-bond donors (Lipinski definition) is 2. The van der Waals surface area contributed by atoms with Crippen molar-refractivity contribution in [3.05, 3.63) is 62.7 Å². The Balaban J connectivity index is 1.88. The molecule has 1 aromatic heterocycles. The van der Waals surface area contributed by atoms with Gasteiger partial charge in [-0.3, -0.25) is 4.79 Å². The number of halogens is 2. The van der Waals surface area contributed by atoms with Gasteiger partial charge in [0.05, 0.1) is 17.0 Å². The smallest absolute Gasteiger partial charge is 0.275 e. The number of nitrogens with one attached hydrogen (secondary N) is 1. The molecule has 0 saturated heterocycles. The first kappa shape index (κ1) is 17.7. The van der Waals surface area contributed by atoms with E-state index in [9.17, 15) is 9.90 Å². The zero-order chi connectivity index (χ0) is 18.1. The Kier molecular flexibility index (Phi) is 4.96. The maximum absolute atomic E-state index is 12.2. The molecular formula is C18H15Br2N3O2. The van der Waals surface area contributed by atoms with Gasteiger partial charge in [0.2, 0.25) is 0 Å². The molecule has 3 aromatic rings. The second kappa shape index (κ2) is 7.01. The molecule has 2 N–H and O–H groups in total. The van der Waals surface area contributed by atoms with E-state index in [2.05, 4.69) is 42.4 Å². The highest BCUT2D eigenvalue weighted by Gasteiger charge is 2.13. The van der Waals surface area contributed by atoms with E-state index in [4.69, 9.17) is 0 Å². The number of nitrogens with zero attached hydrogens (tertiary/aromatic N) is 2. The second-order valence-corrected chi connectivity index (χ2v) is 7.42. The molecule has 1 amide bonds. The number of rotatable bonds is 3. The molecule has 0 fully saturated rings. The van der Waals surface area contributed by atoms with E-state index in [-0.39, 0.29) is 11.3 Å². The normalized spacial score (nSPS) is 11.8. The Morgan fingerprint density at radius 2 is 1.80 bits per heavy atom. The second-order valence-electron chi connectivity index (χ2n) is 5.59. The van der Waals surface area contributed by atoms with Crippen LogP contribution in [-0.2, 0) is 7.05 Å². The first-order chi connectivity index (χ1) is 11.9. The van der Waals surface area contributed by atoms with Crippen molar-refractivity contribution >= 4 is 54.4 Å². The van der Waals surface area contributed by atoms with Gasteiger partial charge in [-0.25, -0.2) is 5.43 Å². The van der Waals surface area contributed by atoms with Crippen LogP contribution in [0.25, 0.3) is 10.9 Å². The average molecular weight is 465 g/mol. The van der Waals surface area contributed by atoms with Crippen LogP contribution in [0.15, 0.2) is 56.5 Å². The predicted octanol–water partition coefficient (Wildman–Crippen LogP) is 4.56. The first-order valence-corrected chi connectivity index (χ1v) is 9.04. The maximum Gasteiger partial charge on any atom is 0.275 e. The fraction of sp³-hybridized carbons (Fsp3) is 0.111. The summed E-state index contributed by atoms with van der Waals surface area (Å²) in [6.07, 6.45) is 0. The molecule has 5 nitrogen and oxygen atoms in total. The van der Waals surface area contributed by atoms with Crippen molar-refractivity contribution in [3.8, 4) is 5.75 Å². The monoisotopic (exact) mass is 463 g/mol. The van der Waals surface area contributed by atoms with E-state index < -0.39 is 5.91 Å². The van der Waals surface area contributed by atoms with E-state index in [1.54, 1.807) is 12.1 Å². The predicted molar refractivity (Wildman–Crippen MR) is 106 cm³/mol. The number of amides is 1. The molecule has 7 heteroatoms. The Morgan fingerprint density at radius 3 is 2.56 bits per heavy atom. The zero-order valence-corrected chi connectivity index (χ0v) is 16.7. The van der Waals surface area contributed by atoms with Crippen LogP contribution in [0.2, 0.25) is 0 Å². The van der Waals surface area contributed by atoms with Crippen LogP contribution >= 0.6 is 31.9 Å². The molecule has 1 heterocycles. The number of carbonyl (C=O) groups is 1. The quantitative estimate of drug-likeness (QED) is 0.440. The van der Waals surface area contributed by atoms with E-state index in [0.717, 1.165) is 21.1 Å². The minimum atomic E-state index is -0.473. The Morgan fingerprint density at radius 1 is 1.12 bits per heavy atom. The third-order valence-corrected chi connectivity index (χ3v) is 4.89. The topological polar surface area (TPSA) is 66.6 Å². The summed E-state index contributed by atoms with van der Waals surface area (Å²) in [5.74, 6) is -0.567. The van der Waals surface area contributed by atoms with Crippen LogP contribution < -0.4 is 5.43 Å². The summed E-state index contributed by atoms with van der Waals surface area (Å²) in [4.78, 5) is 12.2. The minimum Gasteiger partial charge on any atom is -0.507 e. The fourth-order valence-corrected chi connectivity index (χ4v) is 3.35. The number of fused-ring (bicyclic) bond motifs is 1. The minimum absolute atomic E-state index is 0.0944. The molecule has 0 saturated carbocycles. The standard InChI is InChI=1S/C18H15Br2N3O2/c1-10(16-8-11-7-12(19)3-5-15(11)23(16)2)21-22-18(25)14-9-13(20)4-6-17(14)24/h3-9,24H,1-2H3,(H,22,25)/b21-10+. The van der Waals surface area contributed by atoms with Gasteiger partial charge in [0, 0.05) is 26.9 Å². The van der Waals surface area contributed by atoms with Gasteiger partial charge in [-0.15, -0.1) is 0 Å². The SMILES string of the molecule is C/C(=N\NC(=O)c1cc(Br)ccc1O)c1cc2cc(Br)ccc2n1C. The lowest BCUT2D eigenvalue weighted by atomic mass is 10.2. The van der Waals surface area contributed by atoms with Crippen LogP contribution in [0.5, 0.6) is 5.75 Å². The van der Waals surface area contributed by atoms with Crippen molar-refractivity contribution in [3.63, 3.8) is 0 Å². The summed E-state index contributed by atoms with van der Waals surface area (Å²) >= 11 is 6.75. The van der Waals surface area contributed by atoms with Crippen LogP contribution in [0.1, 0.15) is 23.0 Å². The van der Waals surface area contributed by atoms with Crippen molar-refractivity contribution in [1.29, 1.82) is 0 Å². The summed E-state index contributed by atoms with van der Waals surface area (Å²) in [6.45, 7) is 1.82. The van der Waals surface area contributed by atoms with Crippen molar-refractivity contribution in [2.45, 2.75) is 6.92 Å². The highest BCUT2D eigenvalue weighted by Crippen LogP contribution is 2.24. The fourth-order valence-electron chi connectivity index (χ4n) is 2.61. The molecular weight excluding hydrogens is 450 g/mol. The van der Waals surface area contributed by atoms with Gasteiger partial charge in [-0.2, -0.15) is 5.10 Å². The maximum atomic E-state index is 12.2. The lowest BCUT2D eigenvalue weighted by Gasteiger charge is -2.06. The summed E-state index contributed by atoms with van der Waals surface area (Å²) < 4.78 is 3.73. The van der Waals surface area contributed by atoms with E-state index >= 15 is 0 Å². The van der Waals surface area contributed by atoms with Crippen LogP contribution in [0.4, 0.5) is 0 Å². The number of phenols is 1. The van der Waals surface area contributed by atoms with Gasteiger partial charge >= 0.3 is 0 Å². The zero-order valence-electron chi connectivity index (χ0n) is 13.5. The number of carbonyl (C=O) groups excluding carboxylic acids is 1. The largest absolute Gasteiger partial charge is 0.507 e. The number of phenolic OH excluding ortho intramolecular Hbond substituents is 1. The van der Waals surface area contributed by atoms with Gasteiger partial charge < -0.3 is 9.67 Å². The van der Waals surface area contributed by atoms with Gasteiger partial charge in [0.1, 0.15) is 5.75 Å². The molecule has 0 spiro atoms. The van der Waals surface area contributed by atoms with E-state index in [0.29, 0.717) is 10.2 Å². The van der Waals surface area contributed by atoms with Gasteiger partial charge in [0.15, 0.2) is 0 Å². The summed E-state index contributed by atoms with van der Waals surface area (Å²) in [6, 6.07) is 12.7. The van der Waals surface area contributed by atoms with Crippen LogP contribution in [-0.4, -0.2) is 21.3 Å². The number of hydrogen-bond acceptors (Lipinski definition) is 3.